The SMILES string of the molecule is CC(=O)[C@@H]1[C@H](c2ccc(N(C)C)cc2)C[C@H]2[C@H]3CC=C4C[C@@H](O)CC[C@]4(C)[C@H]3CC[C@]12C. The summed E-state index contributed by atoms with van der Waals surface area (Å²) in [6, 6.07) is 8.97. The van der Waals surface area contributed by atoms with Crippen LogP contribution in [0.3, 0.4) is 0 Å². The van der Waals surface area contributed by atoms with E-state index in [0.717, 1.165) is 32.1 Å². The molecule has 1 aromatic rings. The molecule has 0 aromatic heterocycles. The second-order valence-electron chi connectivity index (χ2n) is 12.1. The van der Waals surface area contributed by atoms with Gasteiger partial charge in [0, 0.05) is 25.7 Å². The first-order valence-electron chi connectivity index (χ1n) is 12.8. The van der Waals surface area contributed by atoms with Crippen molar-refractivity contribution in [2.45, 2.75) is 77.7 Å². The molecular weight excluding hydrogens is 394 g/mol. The second-order valence-corrected chi connectivity index (χ2v) is 12.1. The standard InChI is InChI=1S/C29H41NO2/c1-18(31)27-24(19-6-9-21(10-7-19)30(4)5)17-26-23-11-8-20-16-22(32)12-14-28(20,2)25(23)13-15-29(26,27)3/h6-10,22-27,32H,11-17H2,1-5H3/t22-,23-,24-,25-,26-,27+,28-,29-/m0/s1. The first-order valence-corrected chi connectivity index (χ1v) is 12.8. The summed E-state index contributed by atoms with van der Waals surface area (Å²) < 4.78 is 0. The van der Waals surface area contributed by atoms with Crippen LogP contribution in [0, 0.1) is 34.5 Å². The van der Waals surface area contributed by atoms with Crippen molar-refractivity contribution in [2.75, 3.05) is 19.0 Å². The van der Waals surface area contributed by atoms with Gasteiger partial charge in [-0.3, -0.25) is 4.79 Å². The third-order valence-electron chi connectivity index (χ3n) is 10.4. The topological polar surface area (TPSA) is 40.5 Å². The van der Waals surface area contributed by atoms with Crippen LogP contribution in [0.4, 0.5) is 5.69 Å². The van der Waals surface area contributed by atoms with Crippen LogP contribution in [0.15, 0.2) is 35.9 Å². The molecule has 3 heteroatoms. The van der Waals surface area contributed by atoms with Crippen LogP contribution in [0.5, 0.6) is 0 Å². The van der Waals surface area contributed by atoms with Gasteiger partial charge in [0.25, 0.3) is 0 Å². The lowest BCUT2D eigenvalue weighted by Crippen LogP contribution is -2.51. The lowest BCUT2D eigenvalue weighted by Gasteiger charge is -2.57. The predicted molar refractivity (Wildman–Crippen MR) is 131 cm³/mol. The van der Waals surface area contributed by atoms with Gasteiger partial charge in [-0.15, -0.1) is 0 Å². The first-order chi connectivity index (χ1) is 15.1. The Kier molecular flexibility index (Phi) is 5.36. The van der Waals surface area contributed by atoms with Gasteiger partial charge in [-0.25, -0.2) is 0 Å². The van der Waals surface area contributed by atoms with Gasteiger partial charge in [0.1, 0.15) is 5.78 Å². The second kappa shape index (κ2) is 7.72. The van der Waals surface area contributed by atoms with Crippen LogP contribution in [-0.2, 0) is 4.79 Å². The maximum absolute atomic E-state index is 13.1. The van der Waals surface area contributed by atoms with Crippen molar-refractivity contribution in [2.24, 2.45) is 34.5 Å². The van der Waals surface area contributed by atoms with Crippen molar-refractivity contribution in [3.8, 4) is 0 Å². The van der Waals surface area contributed by atoms with Crippen molar-refractivity contribution in [1.82, 2.24) is 0 Å². The molecule has 1 aromatic carbocycles. The van der Waals surface area contributed by atoms with Gasteiger partial charge in [0.2, 0.25) is 0 Å². The van der Waals surface area contributed by atoms with Crippen LogP contribution in [0.25, 0.3) is 0 Å². The normalized spacial score (nSPS) is 43.0. The summed E-state index contributed by atoms with van der Waals surface area (Å²) in [5.74, 6) is 2.83. The van der Waals surface area contributed by atoms with E-state index in [4.69, 9.17) is 0 Å². The van der Waals surface area contributed by atoms with E-state index in [1.807, 2.05) is 6.92 Å². The fourth-order valence-corrected chi connectivity index (χ4v) is 8.78. The molecule has 3 nitrogen and oxygen atoms in total. The number of allylic oxidation sites excluding steroid dienone is 1. The van der Waals surface area contributed by atoms with Gasteiger partial charge in [-0.1, -0.05) is 37.6 Å². The van der Waals surface area contributed by atoms with E-state index < -0.39 is 0 Å². The molecular formula is C29H41NO2. The van der Waals surface area contributed by atoms with Crippen molar-refractivity contribution in [3.63, 3.8) is 0 Å². The van der Waals surface area contributed by atoms with Gasteiger partial charge in [0.05, 0.1) is 6.10 Å². The number of rotatable bonds is 3. The number of aliphatic hydroxyl groups is 1. The number of carbonyl (C=O) groups excluding carboxylic acids is 1. The fourth-order valence-electron chi connectivity index (χ4n) is 8.78. The molecule has 0 aliphatic heterocycles. The summed E-state index contributed by atoms with van der Waals surface area (Å²) >= 11 is 0. The number of benzene rings is 1. The Labute approximate surface area is 194 Å². The molecule has 0 spiro atoms. The first kappa shape index (κ1) is 22.2. The molecule has 174 valence electrons. The maximum atomic E-state index is 13.1. The van der Waals surface area contributed by atoms with Crippen LogP contribution in [0.1, 0.15) is 77.2 Å². The average Bonchev–Trinajstić information content (AvgIpc) is 3.07. The highest BCUT2D eigenvalue weighted by atomic mass is 16.3. The van der Waals surface area contributed by atoms with E-state index in [-0.39, 0.29) is 22.9 Å². The zero-order valence-corrected chi connectivity index (χ0v) is 20.6. The van der Waals surface area contributed by atoms with Crippen molar-refractivity contribution < 1.29 is 9.90 Å². The number of aliphatic hydroxyl groups excluding tert-OH is 1. The third kappa shape index (κ3) is 3.22. The molecule has 5 rings (SSSR count). The molecule has 32 heavy (non-hydrogen) atoms. The molecule has 0 unspecified atom stereocenters. The number of carbonyl (C=O) groups is 1. The quantitative estimate of drug-likeness (QED) is 0.594. The Bertz CT molecular complexity index is 918. The van der Waals surface area contributed by atoms with Gasteiger partial charge < -0.3 is 10.0 Å². The minimum atomic E-state index is -0.150. The Morgan fingerprint density at radius 3 is 2.44 bits per heavy atom. The van der Waals surface area contributed by atoms with Gasteiger partial charge in [-0.05, 0) is 104 Å². The molecule has 3 fully saturated rings. The van der Waals surface area contributed by atoms with Crippen molar-refractivity contribution >= 4 is 11.5 Å². The summed E-state index contributed by atoms with van der Waals surface area (Å²) in [5, 5.41) is 10.3. The summed E-state index contributed by atoms with van der Waals surface area (Å²) in [6.07, 6.45) is 9.97. The zero-order chi connectivity index (χ0) is 22.8. The minimum absolute atomic E-state index is 0.105. The Morgan fingerprint density at radius 2 is 1.78 bits per heavy atom. The number of ketones is 1. The highest BCUT2D eigenvalue weighted by Gasteiger charge is 2.62. The summed E-state index contributed by atoms with van der Waals surface area (Å²) in [7, 11) is 4.16. The van der Waals surface area contributed by atoms with E-state index >= 15 is 0 Å². The van der Waals surface area contributed by atoms with Crippen molar-refractivity contribution in [3.05, 3.63) is 41.5 Å². The lowest BCUT2D eigenvalue weighted by molar-refractivity contribution is -0.128. The van der Waals surface area contributed by atoms with E-state index in [9.17, 15) is 9.90 Å². The Morgan fingerprint density at radius 1 is 1.06 bits per heavy atom. The highest BCUT2D eigenvalue weighted by Crippen LogP contribution is 2.68. The molecule has 4 aliphatic rings. The van der Waals surface area contributed by atoms with Crippen LogP contribution >= 0.6 is 0 Å². The van der Waals surface area contributed by atoms with E-state index in [2.05, 4.69) is 63.2 Å². The monoisotopic (exact) mass is 435 g/mol. The Hall–Kier alpha value is -1.61. The number of hydrogen-bond donors (Lipinski definition) is 1. The Balaban J connectivity index is 1.49. The van der Waals surface area contributed by atoms with Crippen LogP contribution < -0.4 is 4.90 Å². The number of fused-ring (bicyclic) bond motifs is 5. The molecule has 8 atom stereocenters. The summed E-state index contributed by atoms with van der Waals surface area (Å²) in [6.45, 7) is 6.77. The highest BCUT2D eigenvalue weighted by molar-refractivity contribution is 5.81. The lowest BCUT2D eigenvalue weighted by atomic mass is 9.47. The molecule has 0 bridgehead atoms. The number of hydrogen-bond acceptors (Lipinski definition) is 3. The molecule has 0 saturated heterocycles. The molecule has 4 aliphatic carbocycles. The number of Topliss-reactive ketones (excluding diaryl/α,β-unsaturated/α-hetero) is 1. The smallest absolute Gasteiger partial charge is 0.134 e. The molecule has 0 heterocycles. The number of anilines is 1. The van der Waals surface area contributed by atoms with Gasteiger partial charge >= 0.3 is 0 Å². The molecule has 3 saturated carbocycles. The van der Waals surface area contributed by atoms with Crippen LogP contribution in [0.2, 0.25) is 0 Å². The van der Waals surface area contributed by atoms with E-state index in [0.29, 0.717) is 29.5 Å². The minimum Gasteiger partial charge on any atom is -0.393 e. The van der Waals surface area contributed by atoms with E-state index in [1.54, 1.807) is 0 Å². The predicted octanol–water partition coefficient (Wildman–Crippen LogP) is 5.98. The molecule has 0 amide bonds. The molecule has 0 radical (unpaired) electrons. The van der Waals surface area contributed by atoms with Gasteiger partial charge in [-0.2, -0.15) is 0 Å². The average molecular weight is 436 g/mol. The largest absolute Gasteiger partial charge is 0.393 e. The summed E-state index contributed by atoms with van der Waals surface area (Å²) in [5.41, 5.74) is 4.45. The summed E-state index contributed by atoms with van der Waals surface area (Å²) in [4.78, 5) is 15.2. The zero-order valence-electron chi connectivity index (χ0n) is 20.6. The van der Waals surface area contributed by atoms with Crippen molar-refractivity contribution in [1.29, 1.82) is 0 Å². The van der Waals surface area contributed by atoms with E-state index in [1.165, 1.54) is 29.7 Å². The molecule has 1 N–H and O–H groups in total. The third-order valence-corrected chi connectivity index (χ3v) is 10.4. The fraction of sp³-hybridized carbons (Fsp3) is 0.690. The number of nitrogens with zero attached hydrogens (tertiary/aromatic N) is 1. The van der Waals surface area contributed by atoms with Gasteiger partial charge in [0.15, 0.2) is 0 Å². The van der Waals surface area contributed by atoms with Crippen LogP contribution in [-0.4, -0.2) is 31.1 Å². The maximum Gasteiger partial charge on any atom is 0.134 e.